The van der Waals surface area contributed by atoms with Gasteiger partial charge in [-0.3, -0.25) is 9.59 Å². The molecule has 4 heterocycles. The van der Waals surface area contributed by atoms with Crippen molar-refractivity contribution in [3.8, 4) is 17.1 Å². The average molecular weight is 603 g/mol. The van der Waals surface area contributed by atoms with Crippen molar-refractivity contribution in [2.45, 2.75) is 58.7 Å². The third-order valence-electron chi connectivity index (χ3n) is 7.95. The maximum Gasteiger partial charge on any atom is 0.323 e. The van der Waals surface area contributed by atoms with E-state index in [0.29, 0.717) is 37.8 Å². The van der Waals surface area contributed by atoms with Crippen LogP contribution in [0.5, 0.6) is 5.75 Å². The molecule has 1 N–H and O–H groups in total. The minimum absolute atomic E-state index is 0. The second-order valence-electron chi connectivity index (χ2n) is 11.5. The molecule has 42 heavy (non-hydrogen) atoms. The van der Waals surface area contributed by atoms with Gasteiger partial charge in [-0.2, -0.15) is 0 Å². The first-order valence-corrected chi connectivity index (χ1v) is 14.7. The lowest BCUT2D eigenvalue weighted by Crippen LogP contribution is -2.45. The summed E-state index contributed by atoms with van der Waals surface area (Å²) in [6.45, 7) is 10.2. The van der Waals surface area contributed by atoms with Gasteiger partial charge in [0, 0.05) is 63.2 Å². The summed E-state index contributed by atoms with van der Waals surface area (Å²) < 4.78 is 26.6. The van der Waals surface area contributed by atoms with Gasteiger partial charge in [0.05, 0.1) is 24.2 Å². The highest BCUT2D eigenvalue weighted by molar-refractivity contribution is 5.85. The third kappa shape index (κ3) is 7.53. The standard InChI is InChI=1S/C31H42N4O6.ClH/c1-20(2)28(31(37)41-25-9-13-39-19-25)32-10-14-40-24-5-6-26-27(16-24)35(17-22-7-11-38-12-8-22)29(33-26)23-15-21(3)30(36)34(4)18-23;/h5-6,15-16,18,20,22,25,28,32H,7-14,17,19H2,1-4H3;1H/t25-,28-;/m0./s1. The molecule has 2 aromatic heterocycles. The van der Waals surface area contributed by atoms with Crippen molar-refractivity contribution in [3.63, 3.8) is 0 Å². The van der Waals surface area contributed by atoms with Crippen LogP contribution in [0, 0.1) is 18.8 Å². The van der Waals surface area contributed by atoms with Gasteiger partial charge in [0.2, 0.25) is 0 Å². The van der Waals surface area contributed by atoms with E-state index in [1.165, 1.54) is 0 Å². The first kappa shape index (κ1) is 32.0. The van der Waals surface area contributed by atoms with E-state index in [9.17, 15) is 9.59 Å². The van der Waals surface area contributed by atoms with E-state index in [-0.39, 0.29) is 36.0 Å². The number of nitrogens with one attached hydrogen (secondary N) is 1. The highest BCUT2D eigenvalue weighted by Gasteiger charge is 2.28. The van der Waals surface area contributed by atoms with Gasteiger partial charge in [-0.15, -0.1) is 12.4 Å². The fourth-order valence-electron chi connectivity index (χ4n) is 5.60. The molecule has 2 atom stereocenters. The molecule has 2 aliphatic rings. The van der Waals surface area contributed by atoms with Crippen LogP contribution >= 0.6 is 12.4 Å². The van der Waals surface area contributed by atoms with Crippen LogP contribution in [0.1, 0.15) is 38.7 Å². The van der Waals surface area contributed by atoms with E-state index in [4.69, 9.17) is 23.9 Å². The molecule has 1 aromatic carbocycles. The SMILES string of the molecule is Cc1cc(-c2nc3ccc(OCCN[C@H](C(=O)O[C@H]4CCOC4)C(C)C)cc3n2CC2CCOCC2)cn(C)c1=O.Cl. The predicted octanol–water partition coefficient (Wildman–Crippen LogP) is 3.88. The lowest BCUT2D eigenvalue weighted by atomic mass is 10.00. The largest absolute Gasteiger partial charge is 0.492 e. The molecule has 0 spiro atoms. The summed E-state index contributed by atoms with van der Waals surface area (Å²) in [5.41, 5.74) is 3.46. The molecule has 0 bridgehead atoms. The van der Waals surface area contributed by atoms with Crippen LogP contribution in [0.25, 0.3) is 22.4 Å². The minimum atomic E-state index is -0.407. The zero-order chi connectivity index (χ0) is 28.9. The Bertz CT molecular complexity index is 1380. The van der Waals surface area contributed by atoms with Crippen molar-refractivity contribution in [1.29, 1.82) is 0 Å². The molecule has 2 saturated heterocycles. The molecule has 0 unspecified atom stereocenters. The van der Waals surface area contributed by atoms with Gasteiger partial charge in [-0.25, -0.2) is 4.98 Å². The molecule has 0 radical (unpaired) electrons. The fourth-order valence-corrected chi connectivity index (χ4v) is 5.60. The summed E-state index contributed by atoms with van der Waals surface area (Å²) in [6, 6.07) is 7.46. The van der Waals surface area contributed by atoms with E-state index < -0.39 is 6.04 Å². The topological polar surface area (TPSA) is 106 Å². The molecule has 0 saturated carbocycles. The van der Waals surface area contributed by atoms with E-state index in [2.05, 4.69) is 9.88 Å². The Labute approximate surface area is 253 Å². The average Bonchev–Trinajstić information content (AvgIpc) is 3.59. The predicted molar refractivity (Wildman–Crippen MR) is 163 cm³/mol. The normalized spacial score (nSPS) is 18.3. The molecule has 230 valence electrons. The molecule has 0 aliphatic carbocycles. The molecular formula is C31H43ClN4O6. The minimum Gasteiger partial charge on any atom is -0.492 e. The monoisotopic (exact) mass is 602 g/mol. The number of ether oxygens (including phenoxy) is 4. The second-order valence-corrected chi connectivity index (χ2v) is 11.5. The lowest BCUT2D eigenvalue weighted by Gasteiger charge is -2.24. The van der Waals surface area contributed by atoms with E-state index in [1.54, 1.807) is 11.6 Å². The van der Waals surface area contributed by atoms with Crippen LogP contribution in [0.4, 0.5) is 0 Å². The summed E-state index contributed by atoms with van der Waals surface area (Å²) in [7, 11) is 1.77. The number of pyridine rings is 1. The molecule has 5 rings (SSSR count). The summed E-state index contributed by atoms with van der Waals surface area (Å²) in [5, 5.41) is 3.31. The van der Waals surface area contributed by atoms with Gasteiger partial charge in [0.1, 0.15) is 30.3 Å². The van der Waals surface area contributed by atoms with E-state index in [0.717, 1.165) is 67.2 Å². The van der Waals surface area contributed by atoms with Crippen LogP contribution in [-0.4, -0.2) is 71.8 Å². The number of imidazole rings is 1. The number of hydrogen-bond acceptors (Lipinski definition) is 8. The number of fused-ring (bicyclic) bond motifs is 1. The Balaban J connectivity index is 0.00000405. The second kappa shape index (κ2) is 14.5. The lowest BCUT2D eigenvalue weighted by molar-refractivity contribution is -0.152. The number of benzene rings is 1. The van der Waals surface area contributed by atoms with Gasteiger partial charge in [-0.1, -0.05) is 13.8 Å². The number of carbonyl (C=O) groups is 1. The van der Waals surface area contributed by atoms with Crippen LogP contribution in [0.3, 0.4) is 0 Å². The fraction of sp³-hybridized carbons (Fsp3) is 0.581. The number of rotatable bonds is 11. The summed E-state index contributed by atoms with van der Waals surface area (Å²) in [6.07, 6.45) is 4.45. The molecular weight excluding hydrogens is 560 g/mol. The van der Waals surface area contributed by atoms with Gasteiger partial charge < -0.3 is 33.4 Å². The highest BCUT2D eigenvalue weighted by atomic mass is 35.5. The smallest absolute Gasteiger partial charge is 0.323 e. The molecule has 2 aliphatic heterocycles. The zero-order valence-electron chi connectivity index (χ0n) is 25.0. The summed E-state index contributed by atoms with van der Waals surface area (Å²) >= 11 is 0. The molecule has 3 aromatic rings. The Kier molecular flexibility index (Phi) is 11.1. The van der Waals surface area contributed by atoms with Gasteiger partial charge in [0.15, 0.2) is 0 Å². The van der Waals surface area contributed by atoms with Crippen molar-refractivity contribution in [1.82, 2.24) is 19.4 Å². The van der Waals surface area contributed by atoms with E-state index >= 15 is 0 Å². The number of esters is 1. The van der Waals surface area contributed by atoms with Crippen LogP contribution in [-0.2, 0) is 32.6 Å². The Morgan fingerprint density at radius 3 is 2.60 bits per heavy atom. The molecule has 2 fully saturated rings. The maximum atomic E-state index is 12.7. The number of nitrogens with zero attached hydrogens (tertiary/aromatic N) is 3. The van der Waals surface area contributed by atoms with Gasteiger partial charge in [-0.05, 0) is 49.8 Å². The number of aromatic nitrogens is 3. The van der Waals surface area contributed by atoms with Gasteiger partial charge in [0.25, 0.3) is 5.56 Å². The zero-order valence-corrected chi connectivity index (χ0v) is 25.8. The number of aryl methyl sites for hydroxylation is 2. The van der Waals surface area contributed by atoms with Crippen molar-refractivity contribution in [2.75, 3.05) is 39.6 Å². The molecule has 0 amide bonds. The molecule has 10 nitrogen and oxygen atoms in total. The maximum absolute atomic E-state index is 12.7. The van der Waals surface area contributed by atoms with Crippen LogP contribution in [0.15, 0.2) is 35.3 Å². The Hall–Kier alpha value is -2.92. The van der Waals surface area contributed by atoms with E-state index in [1.807, 2.05) is 51.2 Å². The number of hydrogen-bond donors (Lipinski definition) is 1. The summed E-state index contributed by atoms with van der Waals surface area (Å²) in [4.78, 5) is 30.1. The first-order chi connectivity index (χ1) is 19.8. The quantitative estimate of drug-likeness (QED) is 0.260. The van der Waals surface area contributed by atoms with Crippen molar-refractivity contribution in [3.05, 3.63) is 46.4 Å². The van der Waals surface area contributed by atoms with Crippen molar-refractivity contribution in [2.24, 2.45) is 18.9 Å². The summed E-state index contributed by atoms with van der Waals surface area (Å²) in [5.74, 6) is 1.90. The Morgan fingerprint density at radius 2 is 1.90 bits per heavy atom. The van der Waals surface area contributed by atoms with Crippen LogP contribution in [0.2, 0.25) is 0 Å². The Morgan fingerprint density at radius 1 is 1.14 bits per heavy atom. The first-order valence-electron chi connectivity index (χ1n) is 14.7. The van der Waals surface area contributed by atoms with Gasteiger partial charge >= 0.3 is 5.97 Å². The van der Waals surface area contributed by atoms with Crippen molar-refractivity contribution < 1.29 is 23.7 Å². The van der Waals surface area contributed by atoms with Crippen LogP contribution < -0.4 is 15.6 Å². The third-order valence-corrected chi connectivity index (χ3v) is 7.95. The highest BCUT2D eigenvalue weighted by Crippen LogP contribution is 2.30. The molecule has 11 heteroatoms. The number of halogens is 1. The van der Waals surface area contributed by atoms with Crippen molar-refractivity contribution >= 4 is 29.4 Å². The number of carbonyl (C=O) groups excluding carboxylic acids is 1.